The van der Waals surface area contributed by atoms with Gasteiger partial charge in [0.05, 0.1) is 0 Å². The Morgan fingerprint density at radius 1 is 1.15 bits per heavy atom. The number of hydrogen-bond donors (Lipinski definition) is 2. The number of sulfone groups is 1. The standard InChI is InChI=1S/C17H17F2N3O4S/c1-3-9-6-14(26-13-5-4-10(18)7-12(13)19)15(27(2,24)25)8-11(9)16(23)22-17(20)21/h4-8H,3H2,1-2H3,(H4,20,21,22,23). The molecule has 2 aromatic carbocycles. The molecule has 7 nitrogen and oxygen atoms in total. The fourth-order valence-electron chi connectivity index (χ4n) is 2.32. The predicted octanol–water partition coefficient (Wildman–Crippen LogP) is 2.14. The number of rotatable bonds is 5. The quantitative estimate of drug-likeness (QED) is 0.588. The van der Waals surface area contributed by atoms with Crippen LogP contribution in [0.1, 0.15) is 22.8 Å². The van der Waals surface area contributed by atoms with Crippen molar-refractivity contribution < 1.29 is 26.7 Å². The third kappa shape index (κ3) is 4.79. The molecule has 27 heavy (non-hydrogen) atoms. The molecule has 0 saturated heterocycles. The third-order valence-electron chi connectivity index (χ3n) is 3.52. The van der Waals surface area contributed by atoms with E-state index in [4.69, 9.17) is 16.2 Å². The van der Waals surface area contributed by atoms with Crippen LogP contribution in [0, 0.1) is 11.6 Å². The van der Waals surface area contributed by atoms with Gasteiger partial charge in [-0.3, -0.25) is 4.79 Å². The fourth-order valence-corrected chi connectivity index (χ4v) is 3.12. The summed E-state index contributed by atoms with van der Waals surface area (Å²) in [7, 11) is -3.87. The van der Waals surface area contributed by atoms with E-state index >= 15 is 0 Å². The van der Waals surface area contributed by atoms with Gasteiger partial charge in [0.25, 0.3) is 5.91 Å². The molecule has 0 bridgehead atoms. The largest absolute Gasteiger partial charge is 0.453 e. The SMILES string of the molecule is CCc1cc(Oc2ccc(F)cc2F)c(S(C)(=O)=O)cc1C(=O)N=C(N)N. The second-order valence-corrected chi connectivity index (χ2v) is 7.58. The Labute approximate surface area is 154 Å². The fraction of sp³-hybridized carbons (Fsp3) is 0.176. The number of aliphatic imine (C=N–C) groups is 1. The highest BCUT2D eigenvalue weighted by Gasteiger charge is 2.22. The van der Waals surface area contributed by atoms with Gasteiger partial charge in [-0.1, -0.05) is 6.92 Å². The highest BCUT2D eigenvalue weighted by molar-refractivity contribution is 7.90. The maximum atomic E-state index is 13.9. The second-order valence-electron chi connectivity index (χ2n) is 5.60. The van der Waals surface area contributed by atoms with Crippen molar-refractivity contribution in [2.45, 2.75) is 18.2 Å². The smallest absolute Gasteiger partial charge is 0.280 e. The third-order valence-corrected chi connectivity index (χ3v) is 4.64. The molecule has 1 amide bonds. The summed E-state index contributed by atoms with van der Waals surface area (Å²) < 4.78 is 56.6. The number of amides is 1. The molecular formula is C17H17F2N3O4S. The molecule has 10 heteroatoms. The number of aryl methyl sites for hydroxylation is 1. The highest BCUT2D eigenvalue weighted by atomic mass is 32.2. The lowest BCUT2D eigenvalue weighted by Gasteiger charge is -2.14. The first-order chi connectivity index (χ1) is 12.5. The number of ether oxygens (including phenoxy) is 1. The van der Waals surface area contributed by atoms with E-state index in [9.17, 15) is 22.0 Å². The van der Waals surface area contributed by atoms with E-state index in [2.05, 4.69) is 4.99 Å². The molecule has 0 aromatic heterocycles. The van der Waals surface area contributed by atoms with Gasteiger partial charge < -0.3 is 16.2 Å². The lowest BCUT2D eigenvalue weighted by molar-refractivity contribution is 0.100. The summed E-state index contributed by atoms with van der Waals surface area (Å²) in [5.41, 5.74) is 10.8. The van der Waals surface area contributed by atoms with Crippen molar-refractivity contribution in [3.63, 3.8) is 0 Å². The maximum absolute atomic E-state index is 13.9. The summed E-state index contributed by atoms with van der Waals surface area (Å²) >= 11 is 0. The first-order valence-corrected chi connectivity index (χ1v) is 9.56. The van der Waals surface area contributed by atoms with Gasteiger partial charge >= 0.3 is 0 Å². The number of nitrogens with zero attached hydrogens (tertiary/aromatic N) is 1. The molecule has 0 aliphatic rings. The minimum Gasteiger partial charge on any atom is -0.453 e. The van der Waals surface area contributed by atoms with Crippen LogP contribution in [0.5, 0.6) is 11.5 Å². The molecule has 0 atom stereocenters. The molecule has 0 aliphatic heterocycles. The molecular weight excluding hydrogens is 380 g/mol. The van der Waals surface area contributed by atoms with Crippen LogP contribution in [0.15, 0.2) is 40.2 Å². The number of guanidine groups is 1. The van der Waals surface area contributed by atoms with Gasteiger partial charge in [0, 0.05) is 17.9 Å². The van der Waals surface area contributed by atoms with Crippen molar-refractivity contribution in [2.75, 3.05) is 6.26 Å². The van der Waals surface area contributed by atoms with Crippen molar-refractivity contribution in [1.29, 1.82) is 0 Å². The van der Waals surface area contributed by atoms with E-state index in [-0.39, 0.29) is 22.0 Å². The zero-order chi connectivity index (χ0) is 20.4. The van der Waals surface area contributed by atoms with Gasteiger partial charge in [-0.25, -0.2) is 17.2 Å². The molecule has 2 rings (SSSR count). The molecule has 0 aliphatic carbocycles. The number of halogens is 2. The summed E-state index contributed by atoms with van der Waals surface area (Å²) in [5, 5.41) is 0. The van der Waals surface area contributed by atoms with Crippen LogP contribution >= 0.6 is 0 Å². The van der Waals surface area contributed by atoms with Gasteiger partial charge in [0.1, 0.15) is 16.5 Å². The first kappa shape index (κ1) is 20.3. The molecule has 0 radical (unpaired) electrons. The van der Waals surface area contributed by atoms with Gasteiger partial charge in [-0.05, 0) is 36.2 Å². The monoisotopic (exact) mass is 397 g/mol. The van der Waals surface area contributed by atoms with Gasteiger partial charge in [0.2, 0.25) is 0 Å². The number of carbonyl (C=O) groups excluding carboxylic acids is 1. The number of nitrogens with two attached hydrogens (primary N) is 2. The first-order valence-electron chi connectivity index (χ1n) is 7.66. The summed E-state index contributed by atoms with van der Waals surface area (Å²) in [4.78, 5) is 15.2. The van der Waals surface area contributed by atoms with Crippen molar-refractivity contribution in [1.82, 2.24) is 0 Å². The average molecular weight is 397 g/mol. The Morgan fingerprint density at radius 2 is 1.81 bits per heavy atom. The van der Waals surface area contributed by atoms with Crippen molar-refractivity contribution in [2.24, 2.45) is 16.5 Å². The summed E-state index contributed by atoms with van der Waals surface area (Å²) in [5.74, 6) is -3.69. The molecule has 0 saturated carbocycles. The summed E-state index contributed by atoms with van der Waals surface area (Å²) in [6, 6.07) is 4.96. The predicted molar refractivity (Wildman–Crippen MR) is 95.5 cm³/mol. The van der Waals surface area contributed by atoms with Crippen LogP contribution in [-0.2, 0) is 16.3 Å². The van der Waals surface area contributed by atoms with Gasteiger partial charge in [-0.2, -0.15) is 4.99 Å². The van der Waals surface area contributed by atoms with Crippen molar-refractivity contribution in [3.8, 4) is 11.5 Å². The van der Waals surface area contributed by atoms with E-state index < -0.39 is 33.3 Å². The van der Waals surface area contributed by atoms with Crippen LogP contribution in [0.4, 0.5) is 8.78 Å². The number of carbonyl (C=O) groups is 1. The molecule has 0 spiro atoms. The minimum absolute atomic E-state index is 0.0294. The molecule has 0 heterocycles. The minimum atomic E-state index is -3.87. The Balaban J connectivity index is 2.66. The van der Waals surface area contributed by atoms with Crippen LogP contribution in [0.25, 0.3) is 0 Å². The molecule has 0 fully saturated rings. The van der Waals surface area contributed by atoms with Crippen LogP contribution in [-0.4, -0.2) is 26.5 Å². The Kier molecular flexibility index (Phi) is 5.79. The normalized spacial score (nSPS) is 11.1. The molecule has 4 N–H and O–H groups in total. The second kappa shape index (κ2) is 7.70. The number of hydrogen-bond acceptors (Lipinski definition) is 4. The van der Waals surface area contributed by atoms with Gasteiger partial charge in [-0.15, -0.1) is 0 Å². The van der Waals surface area contributed by atoms with Crippen LogP contribution < -0.4 is 16.2 Å². The average Bonchev–Trinajstić information content (AvgIpc) is 2.55. The van der Waals surface area contributed by atoms with Gasteiger partial charge in [0.15, 0.2) is 27.4 Å². The lowest BCUT2D eigenvalue weighted by atomic mass is 10.0. The Bertz CT molecular complexity index is 1030. The van der Waals surface area contributed by atoms with Crippen LogP contribution in [0.3, 0.4) is 0 Å². The van der Waals surface area contributed by atoms with Crippen molar-refractivity contribution >= 4 is 21.7 Å². The molecule has 0 unspecified atom stereocenters. The number of benzene rings is 2. The Hall–Kier alpha value is -3.01. The summed E-state index contributed by atoms with van der Waals surface area (Å²) in [6.07, 6.45) is 1.21. The highest BCUT2D eigenvalue weighted by Crippen LogP contribution is 2.33. The maximum Gasteiger partial charge on any atom is 0.280 e. The molecule has 144 valence electrons. The zero-order valence-corrected chi connectivity index (χ0v) is 15.3. The van der Waals surface area contributed by atoms with Crippen LogP contribution in [0.2, 0.25) is 0 Å². The van der Waals surface area contributed by atoms with E-state index in [1.165, 1.54) is 6.07 Å². The molecule has 2 aromatic rings. The van der Waals surface area contributed by atoms with E-state index in [0.717, 1.165) is 24.5 Å². The lowest BCUT2D eigenvalue weighted by Crippen LogP contribution is -2.24. The zero-order valence-electron chi connectivity index (χ0n) is 14.5. The Morgan fingerprint density at radius 3 is 2.33 bits per heavy atom. The van der Waals surface area contributed by atoms with E-state index in [1.807, 2.05) is 0 Å². The topological polar surface area (TPSA) is 125 Å². The van der Waals surface area contributed by atoms with E-state index in [1.54, 1.807) is 6.92 Å². The summed E-state index contributed by atoms with van der Waals surface area (Å²) in [6.45, 7) is 1.71. The van der Waals surface area contributed by atoms with E-state index in [0.29, 0.717) is 18.1 Å². The van der Waals surface area contributed by atoms with Crippen molar-refractivity contribution in [3.05, 3.63) is 53.1 Å².